The molecule has 100 valence electrons. The molecule has 0 aliphatic heterocycles. The van der Waals surface area contributed by atoms with E-state index in [1.54, 1.807) is 0 Å². The summed E-state index contributed by atoms with van der Waals surface area (Å²) in [5.74, 6) is 0.737. The third-order valence-corrected chi connectivity index (χ3v) is 2.66. The van der Waals surface area contributed by atoms with Crippen molar-refractivity contribution in [2.45, 2.75) is 33.7 Å². The first kappa shape index (κ1) is 14.7. The van der Waals surface area contributed by atoms with Gasteiger partial charge in [-0.15, -0.1) is 0 Å². The second-order valence-electron chi connectivity index (χ2n) is 4.97. The highest BCUT2D eigenvalue weighted by atomic mass is 16.1. The summed E-state index contributed by atoms with van der Waals surface area (Å²) in [5, 5.41) is 5.90. The molecule has 0 radical (unpaired) electrons. The Morgan fingerprint density at radius 1 is 1.17 bits per heavy atom. The average Bonchev–Trinajstić information content (AvgIpc) is 2.31. The van der Waals surface area contributed by atoms with Crippen LogP contribution in [0.25, 0.3) is 0 Å². The van der Waals surface area contributed by atoms with Gasteiger partial charge in [-0.1, -0.05) is 38.1 Å². The van der Waals surface area contributed by atoms with E-state index in [9.17, 15) is 4.79 Å². The monoisotopic (exact) mass is 248 g/mol. The maximum absolute atomic E-state index is 11.2. The van der Waals surface area contributed by atoms with E-state index in [0.717, 1.165) is 13.0 Å². The minimum atomic E-state index is 0.0499. The fourth-order valence-corrected chi connectivity index (χ4v) is 1.84. The predicted octanol–water partition coefficient (Wildman–Crippen LogP) is 2.11. The lowest BCUT2D eigenvalue weighted by molar-refractivity contribution is -0.120. The van der Waals surface area contributed by atoms with E-state index < -0.39 is 0 Å². The van der Waals surface area contributed by atoms with Gasteiger partial charge in [0.05, 0.1) is 6.54 Å². The maximum Gasteiger partial charge on any atom is 0.233 e. The lowest BCUT2D eigenvalue weighted by atomic mass is 10.0. The van der Waals surface area contributed by atoms with Crippen molar-refractivity contribution in [1.29, 1.82) is 0 Å². The summed E-state index contributed by atoms with van der Waals surface area (Å²) in [7, 11) is 0. The van der Waals surface area contributed by atoms with E-state index in [0.29, 0.717) is 19.0 Å². The van der Waals surface area contributed by atoms with Crippen molar-refractivity contribution in [3.63, 3.8) is 0 Å². The lowest BCUT2D eigenvalue weighted by Crippen LogP contribution is -2.33. The molecular weight excluding hydrogens is 224 g/mol. The summed E-state index contributed by atoms with van der Waals surface area (Å²) in [5.41, 5.74) is 2.59. The van der Waals surface area contributed by atoms with Gasteiger partial charge < -0.3 is 10.6 Å². The second kappa shape index (κ2) is 7.88. The van der Waals surface area contributed by atoms with E-state index in [-0.39, 0.29) is 5.91 Å². The van der Waals surface area contributed by atoms with Crippen molar-refractivity contribution in [1.82, 2.24) is 10.6 Å². The summed E-state index contributed by atoms with van der Waals surface area (Å²) in [4.78, 5) is 11.2. The standard InChI is InChI=1S/C15H24N2O/c1-4-17-15(18)11-16-10-14-7-5-13(6-8-14)9-12(2)3/h5-8,12,16H,4,9-11H2,1-3H3,(H,17,18). The highest BCUT2D eigenvalue weighted by molar-refractivity contribution is 5.77. The van der Waals surface area contributed by atoms with Crippen molar-refractivity contribution >= 4 is 5.91 Å². The van der Waals surface area contributed by atoms with Crippen molar-refractivity contribution < 1.29 is 4.79 Å². The number of hydrogen-bond acceptors (Lipinski definition) is 2. The molecule has 1 amide bonds. The van der Waals surface area contributed by atoms with Gasteiger partial charge in [-0.2, -0.15) is 0 Å². The number of carbonyl (C=O) groups is 1. The fourth-order valence-electron chi connectivity index (χ4n) is 1.84. The molecule has 0 fully saturated rings. The van der Waals surface area contributed by atoms with Gasteiger partial charge in [0, 0.05) is 13.1 Å². The number of nitrogens with one attached hydrogen (secondary N) is 2. The Balaban J connectivity index is 2.33. The number of amides is 1. The highest BCUT2D eigenvalue weighted by Crippen LogP contribution is 2.09. The normalized spacial score (nSPS) is 10.7. The molecule has 0 aliphatic rings. The van der Waals surface area contributed by atoms with Crippen molar-refractivity contribution in [2.24, 2.45) is 5.92 Å². The summed E-state index contributed by atoms with van der Waals surface area (Å²) in [6.07, 6.45) is 1.12. The third kappa shape index (κ3) is 5.82. The van der Waals surface area contributed by atoms with Crippen LogP contribution in [0.1, 0.15) is 31.9 Å². The van der Waals surface area contributed by atoms with Crippen LogP contribution in [0.4, 0.5) is 0 Å². The molecule has 0 aliphatic carbocycles. The SMILES string of the molecule is CCNC(=O)CNCc1ccc(CC(C)C)cc1. The first-order valence-corrected chi connectivity index (χ1v) is 6.67. The van der Waals surface area contributed by atoms with Crippen molar-refractivity contribution in [2.75, 3.05) is 13.1 Å². The largest absolute Gasteiger partial charge is 0.355 e. The molecule has 1 aromatic rings. The number of rotatable bonds is 7. The van der Waals surface area contributed by atoms with Gasteiger partial charge in [-0.25, -0.2) is 0 Å². The molecule has 1 rings (SSSR count). The van der Waals surface area contributed by atoms with E-state index in [1.165, 1.54) is 11.1 Å². The summed E-state index contributed by atoms with van der Waals surface area (Å²) in [6.45, 7) is 8.17. The third-order valence-electron chi connectivity index (χ3n) is 2.66. The predicted molar refractivity (Wildman–Crippen MR) is 75.4 cm³/mol. The van der Waals surface area contributed by atoms with Crippen LogP contribution < -0.4 is 10.6 Å². The Morgan fingerprint density at radius 3 is 2.33 bits per heavy atom. The Morgan fingerprint density at radius 2 is 1.78 bits per heavy atom. The van der Waals surface area contributed by atoms with Gasteiger partial charge >= 0.3 is 0 Å². The highest BCUT2D eigenvalue weighted by Gasteiger charge is 2.00. The van der Waals surface area contributed by atoms with Crippen LogP contribution in [0.5, 0.6) is 0 Å². The minimum Gasteiger partial charge on any atom is -0.355 e. The van der Waals surface area contributed by atoms with Crippen molar-refractivity contribution in [3.05, 3.63) is 35.4 Å². The first-order valence-electron chi connectivity index (χ1n) is 6.67. The van der Waals surface area contributed by atoms with Crippen LogP contribution >= 0.6 is 0 Å². The summed E-state index contributed by atoms with van der Waals surface area (Å²) >= 11 is 0. The van der Waals surface area contributed by atoms with Gasteiger partial charge in [-0.05, 0) is 30.4 Å². The second-order valence-corrected chi connectivity index (χ2v) is 4.97. The number of hydrogen-bond donors (Lipinski definition) is 2. The van der Waals surface area contributed by atoms with Crippen LogP contribution in [0.2, 0.25) is 0 Å². The van der Waals surface area contributed by atoms with Crippen LogP contribution in [-0.4, -0.2) is 19.0 Å². The molecule has 0 unspecified atom stereocenters. The van der Waals surface area contributed by atoms with Crippen molar-refractivity contribution in [3.8, 4) is 0 Å². The summed E-state index contributed by atoms with van der Waals surface area (Å²) < 4.78 is 0. The van der Waals surface area contributed by atoms with Crippen LogP contribution in [0, 0.1) is 5.92 Å². The van der Waals surface area contributed by atoms with Gasteiger partial charge in [0.1, 0.15) is 0 Å². The van der Waals surface area contributed by atoms with Gasteiger partial charge in [0.2, 0.25) is 5.91 Å². The van der Waals surface area contributed by atoms with E-state index >= 15 is 0 Å². The zero-order valence-electron chi connectivity index (χ0n) is 11.6. The number of carbonyl (C=O) groups excluding carboxylic acids is 1. The molecule has 0 heterocycles. The molecule has 0 atom stereocenters. The molecule has 0 saturated heterocycles. The van der Waals surface area contributed by atoms with E-state index in [4.69, 9.17) is 0 Å². The van der Waals surface area contributed by atoms with Gasteiger partial charge in [-0.3, -0.25) is 4.79 Å². The average molecular weight is 248 g/mol. The Labute approximate surface area is 110 Å². The Hall–Kier alpha value is -1.35. The van der Waals surface area contributed by atoms with E-state index in [1.807, 2.05) is 6.92 Å². The van der Waals surface area contributed by atoms with Gasteiger partial charge in [0.15, 0.2) is 0 Å². The maximum atomic E-state index is 11.2. The zero-order valence-corrected chi connectivity index (χ0v) is 11.6. The quantitative estimate of drug-likeness (QED) is 0.776. The van der Waals surface area contributed by atoms with E-state index in [2.05, 4.69) is 48.7 Å². The lowest BCUT2D eigenvalue weighted by Gasteiger charge is -2.07. The number of benzene rings is 1. The smallest absolute Gasteiger partial charge is 0.233 e. The first-order chi connectivity index (χ1) is 8.61. The Bertz CT molecular complexity index is 357. The molecule has 0 bridgehead atoms. The van der Waals surface area contributed by atoms with Crippen LogP contribution in [0.15, 0.2) is 24.3 Å². The van der Waals surface area contributed by atoms with Crippen LogP contribution in [-0.2, 0) is 17.8 Å². The molecule has 3 nitrogen and oxygen atoms in total. The molecule has 3 heteroatoms. The topological polar surface area (TPSA) is 41.1 Å². The molecule has 0 spiro atoms. The molecular formula is C15H24N2O. The number of likely N-dealkylation sites (N-methyl/N-ethyl adjacent to an activating group) is 1. The molecule has 0 saturated carbocycles. The minimum absolute atomic E-state index is 0.0499. The molecule has 0 aromatic heterocycles. The molecule has 1 aromatic carbocycles. The molecule has 2 N–H and O–H groups in total. The van der Waals surface area contributed by atoms with Crippen LogP contribution in [0.3, 0.4) is 0 Å². The Kier molecular flexibility index (Phi) is 6.44. The molecule has 18 heavy (non-hydrogen) atoms. The van der Waals surface area contributed by atoms with Gasteiger partial charge in [0.25, 0.3) is 0 Å². The fraction of sp³-hybridized carbons (Fsp3) is 0.533. The summed E-state index contributed by atoms with van der Waals surface area (Å²) in [6, 6.07) is 8.59. The zero-order chi connectivity index (χ0) is 13.4.